The molecule has 1 N–H and O–H groups in total. The van der Waals surface area contributed by atoms with Crippen LogP contribution in [0.3, 0.4) is 0 Å². The van der Waals surface area contributed by atoms with Gasteiger partial charge in [-0.05, 0) is 13.0 Å². The summed E-state index contributed by atoms with van der Waals surface area (Å²) < 4.78 is 1.65. The summed E-state index contributed by atoms with van der Waals surface area (Å²) in [6, 6.07) is 1.84. The van der Waals surface area contributed by atoms with Crippen molar-refractivity contribution in [1.82, 2.24) is 9.78 Å². The Hall–Kier alpha value is -1.27. The zero-order valence-electron chi connectivity index (χ0n) is 7.28. The lowest BCUT2D eigenvalue weighted by atomic mass is 10.2. The van der Waals surface area contributed by atoms with Gasteiger partial charge >= 0.3 is 0 Å². The molecule has 1 heterocycles. The van der Waals surface area contributed by atoms with Crippen LogP contribution in [0.4, 0.5) is 0 Å². The van der Waals surface area contributed by atoms with Gasteiger partial charge in [-0.15, -0.1) is 12.3 Å². The second-order valence-electron chi connectivity index (χ2n) is 2.76. The van der Waals surface area contributed by atoms with E-state index in [4.69, 9.17) is 6.42 Å². The summed E-state index contributed by atoms with van der Waals surface area (Å²) in [6.07, 6.45) is 4.82. The first-order chi connectivity index (χ1) is 5.65. The fourth-order valence-electron chi connectivity index (χ4n) is 1.16. The average Bonchev–Trinajstić information content (AvgIpc) is 2.30. The van der Waals surface area contributed by atoms with Gasteiger partial charge < -0.3 is 5.11 Å². The number of nitrogens with zero attached hydrogens (tertiary/aromatic N) is 2. The van der Waals surface area contributed by atoms with Crippen LogP contribution in [-0.4, -0.2) is 14.9 Å². The predicted molar refractivity (Wildman–Crippen MR) is 46.4 cm³/mol. The molecule has 3 heteroatoms. The first-order valence-corrected chi connectivity index (χ1v) is 3.77. The Bertz CT molecular complexity index is 309. The van der Waals surface area contributed by atoms with Crippen molar-refractivity contribution in [1.29, 1.82) is 0 Å². The van der Waals surface area contributed by atoms with Gasteiger partial charge in [-0.25, -0.2) is 0 Å². The van der Waals surface area contributed by atoms with Crippen LogP contribution in [0.2, 0.25) is 0 Å². The van der Waals surface area contributed by atoms with E-state index >= 15 is 0 Å². The van der Waals surface area contributed by atoms with E-state index in [0.29, 0.717) is 6.42 Å². The molecular formula is C9H12N2O. The first kappa shape index (κ1) is 8.82. The van der Waals surface area contributed by atoms with E-state index in [1.165, 1.54) is 0 Å². The zero-order valence-corrected chi connectivity index (χ0v) is 7.28. The minimum atomic E-state index is -0.596. The first-order valence-electron chi connectivity index (χ1n) is 3.77. The smallest absolute Gasteiger partial charge is 0.106 e. The van der Waals surface area contributed by atoms with Crippen molar-refractivity contribution in [2.75, 3.05) is 0 Å². The van der Waals surface area contributed by atoms with Crippen molar-refractivity contribution in [3.05, 3.63) is 17.5 Å². The maximum absolute atomic E-state index is 9.51. The molecule has 0 saturated carbocycles. The topological polar surface area (TPSA) is 38.1 Å². The molecule has 1 rings (SSSR count). The lowest BCUT2D eigenvalue weighted by Gasteiger charge is -2.05. The minimum absolute atomic E-state index is 0.332. The molecule has 0 bridgehead atoms. The van der Waals surface area contributed by atoms with E-state index in [9.17, 15) is 5.11 Å². The van der Waals surface area contributed by atoms with Crippen molar-refractivity contribution in [3.8, 4) is 12.3 Å². The molecule has 0 radical (unpaired) electrons. The van der Waals surface area contributed by atoms with Crippen LogP contribution in [0, 0.1) is 19.3 Å². The van der Waals surface area contributed by atoms with E-state index in [2.05, 4.69) is 11.0 Å². The lowest BCUT2D eigenvalue weighted by Crippen LogP contribution is -2.04. The van der Waals surface area contributed by atoms with Crippen LogP contribution in [0.15, 0.2) is 6.07 Å². The number of aliphatic hydroxyl groups is 1. The molecule has 12 heavy (non-hydrogen) atoms. The SMILES string of the molecule is C#CCC(O)c1cc(C)nn1C. The molecule has 0 saturated heterocycles. The average molecular weight is 164 g/mol. The van der Waals surface area contributed by atoms with E-state index in [-0.39, 0.29) is 0 Å². The molecule has 0 amide bonds. The van der Waals surface area contributed by atoms with E-state index in [1.807, 2.05) is 13.0 Å². The van der Waals surface area contributed by atoms with E-state index in [1.54, 1.807) is 11.7 Å². The number of hydrogen-bond donors (Lipinski definition) is 1. The molecule has 1 unspecified atom stereocenters. The highest BCUT2D eigenvalue weighted by molar-refractivity contribution is 5.12. The lowest BCUT2D eigenvalue weighted by molar-refractivity contribution is 0.174. The molecule has 0 aliphatic rings. The molecule has 1 atom stereocenters. The third-order valence-electron chi connectivity index (χ3n) is 1.69. The fourth-order valence-corrected chi connectivity index (χ4v) is 1.16. The summed E-state index contributed by atoms with van der Waals surface area (Å²) in [4.78, 5) is 0. The summed E-state index contributed by atoms with van der Waals surface area (Å²) in [7, 11) is 1.79. The Morgan fingerprint density at radius 2 is 2.50 bits per heavy atom. The molecule has 1 aromatic heterocycles. The highest BCUT2D eigenvalue weighted by Gasteiger charge is 2.10. The fraction of sp³-hybridized carbons (Fsp3) is 0.444. The standard InChI is InChI=1S/C9H12N2O/c1-4-5-9(12)8-6-7(2)10-11(8)3/h1,6,9,12H,5H2,2-3H3. The van der Waals surface area contributed by atoms with E-state index < -0.39 is 6.10 Å². The largest absolute Gasteiger partial charge is 0.386 e. The third kappa shape index (κ3) is 1.66. The van der Waals surface area contributed by atoms with Gasteiger partial charge in [0.15, 0.2) is 0 Å². The van der Waals surface area contributed by atoms with Crippen molar-refractivity contribution >= 4 is 0 Å². The Morgan fingerprint density at radius 1 is 1.83 bits per heavy atom. The van der Waals surface area contributed by atoms with Crippen LogP contribution in [0.5, 0.6) is 0 Å². The van der Waals surface area contributed by atoms with Gasteiger partial charge in [-0.3, -0.25) is 4.68 Å². The van der Waals surface area contributed by atoms with Crippen molar-refractivity contribution in [2.45, 2.75) is 19.4 Å². The monoisotopic (exact) mass is 164 g/mol. The molecule has 0 aliphatic carbocycles. The highest BCUT2D eigenvalue weighted by Crippen LogP contribution is 2.15. The Kier molecular flexibility index (Phi) is 2.51. The molecular weight excluding hydrogens is 152 g/mol. The molecule has 1 aromatic rings. The van der Waals surface area contributed by atoms with Crippen LogP contribution in [-0.2, 0) is 7.05 Å². The normalized spacial score (nSPS) is 12.5. The highest BCUT2D eigenvalue weighted by atomic mass is 16.3. The van der Waals surface area contributed by atoms with Gasteiger partial charge in [-0.1, -0.05) is 0 Å². The third-order valence-corrected chi connectivity index (χ3v) is 1.69. The van der Waals surface area contributed by atoms with Crippen LogP contribution in [0.1, 0.15) is 23.9 Å². The maximum Gasteiger partial charge on any atom is 0.106 e. The number of aliphatic hydroxyl groups excluding tert-OH is 1. The minimum Gasteiger partial charge on any atom is -0.386 e. The Labute approximate surface area is 72.0 Å². The summed E-state index contributed by atoms with van der Waals surface area (Å²) >= 11 is 0. The number of terminal acetylenes is 1. The van der Waals surface area contributed by atoms with Crippen molar-refractivity contribution < 1.29 is 5.11 Å². The van der Waals surface area contributed by atoms with Gasteiger partial charge in [0.2, 0.25) is 0 Å². The van der Waals surface area contributed by atoms with E-state index in [0.717, 1.165) is 11.4 Å². The van der Waals surface area contributed by atoms with Crippen LogP contribution in [0.25, 0.3) is 0 Å². The van der Waals surface area contributed by atoms with Gasteiger partial charge in [-0.2, -0.15) is 5.10 Å². The molecule has 0 fully saturated rings. The van der Waals surface area contributed by atoms with Crippen molar-refractivity contribution in [3.63, 3.8) is 0 Å². The summed E-state index contributed by atoms with van der Waals surface area (Å²) in [5, 5.41) is 13.6. The second-order valence-corrected chi connectivity index (χ2v) is 2.76. The molecule has 0 aliphatic heterocycles. The van der Waals surface area contributed by atoms with Gasteiger partial charge in [0.05, 0.1) is 11.4 Å². The maximum atomic E-state index is 9.51. The van der Waals surface area contributed by atoms with Gasteiger partial charge in [0.1, 0.15) is 6.10 Å². The van der Waals surface area contributed by atoms with Gasteiger partial charge in [0.25, 0.3) is 0 Å². The molecule has 3 nitrogen and oxygen atoms in total. The van der Waals surface area contributed by atoms with Gasteiger partial charge in [0, 0.05) is 13.5 Å². The number of hydrogen-bond acceptors (Lipinski definition) is 2. The number of aryl methyl sites for hydroxylation is 2. The zero-order chi connectivity index (χ0) is 9.14. The molecule has 64 valence electrons. The quantitative estimate of drug-likeness (QED) is 0.656. The molecule has 0 spiro atoms. The molecule has 0 aromatic carbocycles. The van der Waals surface area contributed by atoms with Crippen molar-refractivity contribution in [2.24, 2.45) is 7.05 Å². The Morgan fingerprint density at radius 3 is 2.92 bits per heavy atom. The summed E-state index contributed by atoms with van der Waals surface area (Å²) in [5.74, 6) is 2.41. The summed E-state index contributed by atoms with van der Waals surface area (Å²) in [5.41, 5.74) is 1.66. The van der Waals surface area contributed by atoms with Crippen LogP contribution >= 0.6 is 0 Å². The number of rotatable bonds is 2. The predicted octanol–water partition coefficient (Wildman–Crippen LogP) is 0.785. The Balaban J connectivity index is 2.88. The second kappa shape index (κ2) is 3.42. The van der Waals surface area contributed by atoms with Crippen LogP contribution < -0.4 is 0 Å². The summed E-state index contributed by atoms with van der Waals surface area (Å²) in [6.45, 7) is 1.88. The number of aromatic nitrogens is 2.